The van der Waals surface area contributed by atoms with Crippen LogP contribution >= 0.6 is 0 Å². The Balaban J connectivity index is 2.60. The van der Waals surface area contributed by atoms with E-state index in [1.165, 1.54) is 6.08 Å². The number of carbonyl (C=O) groups excluding carboxylic acids is 2. The fourth-order valence-corrected chi connectivity index (χ4v) is 1.57. The maximum Gasteiger partial charge on any atom is 0.330 e. The molecule has 0 spiro atoms. The number of carbonyl (C=O) groups is 2. The lowest BCUT2D eigenvalue weighted by Gasteiger charge is -2.28. The van der Waals surface area contributed by atoms with Crippen molar-refractivity contribution >= 4 is 11.8 Å². The Morgan fingerprint density at radius 1 is 1.50 bits per heavy atom. The van der Waals surface area contributed by atoms with Crippen LogP contribution in [0.1, 0.15) is 26.7 Å². The molecule has 0 radical (unpaired) electrons. The zero-order valence-corrected chi connectivity index (χ0v) is 8.39. The van der Waals surface area contributed by atoms with Gasteiger partial charge in [-0.15, -0.1) is 0 Å². The molecule has 0 atom stereocenters. The number of hydrogen-bond acceptors (Lipinski definition) is 3. The monoisotopic (exact) mass is 197 g/mol. The summed E-state index contributed by atoms with van der Waals surface area (Å²) in [6.45, 7) is 4.01. The third-order valence-corrected chi connectivity index (χ3v) is 2.00. The second kappa shape index (κ2) is 3.69. The van der Waals surface area contributed by atoms with Crippen molar-refractivity contribution in [3.05, 3.63) is 11.8 Å². The molecule has 0 aliphatic heterocycles. The molecular formula is C9H15N3O2. The molecule has 5 nitrogen and oxygen atoms in total. The van der Waals surface area contributed by atoms with E-state index in [0.29, 0.717) is 12.1 Å². The molecule has 0 saturated carbocycles. The van der Waals surface area contributed by atoms with Crippen molar-refractivity contribution in [1.82, 2.24) is 10.9 Å². The van der Waals surface area contributed by atoms with E-state index in [1.54, 1.807) is 0 Å². The third-order valence-electron chi connectivity index (χ3n) is 2.00. The van der Waals surface area contributed by atoms with Crippen molar-refractivity contribution in [2.24, 2.45) is 11.1 Å². The average Bonchev–Trinajstić information content (AvgIpc) is 1.96. The van der Waals surface area contributed by atoms with E-state index < -0.39 is 6.03 Å². The first-order valence-corrected chi connectivity index (χ1v) is 4.44. The number of urea groups is 1. The van der Waals surface area contributed by atoms with E-state index in [-0.39, 0.29) is 11.2 Å². The minimum atomic E-state index is -0.665. The van der Waals surface area contributed by atoms with Crippen molar-refractivity contribution in [3.63, 3.8) is 0 Å². The molecule has 5 heteroatoms. The number of ketones is 1. The lowest BCUT2D eigenvalue weighted by Crippen LogP contribution is -2.42. The van der Waals surface area contributed by atoms with Crippen LogP contribution in [0.15, 0.2) is 11.8 Å². The lowest BCUT2D eigenvalue weighted by molar-refractivity contribution is -0.117. The van der Waals surface area contributed by atoms with Crippen LogP contribution in [-0.4, -0.2) is 11.8 Å². The normalized spacial score (nSPS) is 19.9. The molecule has 1 aliphatic rings. The van der Waals surface area contributed by atoms with Gasteiger partial charge in [-0.1, -0.05) is 13.8 Å². The van der Waals surface area contributed by atoms with Crippen LogP contribution in [-0.2, 0) is 4.79 Å². The summed E-state index contributed by atoms with van der Waals surface area (Å²) in [5.74, 6) is 0.0648. The van der Waals surface area contributed by atoms with Gasteiger partial charge in [0.15, 0.2) is 5.78 Å². The summed E-state index contributed by atoms with van der Waals surface area (Å²) < 4.78 is 0. The summed E-state index contributed by atoms with van der Waals surface area (Å²) in [7, 11) is 0. The number of nitrogens with two attached hydrogens (primary N) is 1. The van der Waals surface area contributed by atoms with Gasteiger partial charge in [0.25, 0.3) is 0 Å². The molecule has 2 amide bonds. The molecule has 0 unspecified atom stereocenters. The van der Waals surface area contributed by atoms with Crippen LogP contribution in [0.3, 0.4) is 0 Å². The molecule has 1 rings (SSSR count). The van der Waals surface area contributed by atoms with Gasteiger partial charge in [0, 0.05) is 18.2 Å². The predicted molar refractivity (Wildman–Crippen MR) is 52.0 cm³/mol. The van der Waals surface area contributed by atoms with Gasteiger partial charge in [-0.25, -0.2) is 4.79 Å². The fraction of sp³-hybridized carbons (Fsp3) is 0.556. The molecule has 0 fully saturated rings. The number of rotatable bonds is 2. The Morgan fingerprint density at radius 2 is 2.14 bits per heavy atom. The third kappa shape index (κ3) is 3.08. The summed E-state index contributed by atoms with van der Waals surface area (Å²) in [5, 5.41) is 0. The molecule has 0 aromatic carbocycles. The van der Waals surface area contributed by atoms with Gasteiger partial charge < -0.3 is 11.2 Å². The Labute approximate surface area is 82.7 Å². The molecule has 78 valence electrons. The Hall–Kier alpha value is -1.52. The highest BCUT2D eigenvalue weighted by molar-refractivity contribution is 5.91. The van der Waals surface area contributed by atoms with E-state index in [2.05, 4.69) is 10.9 Å². The van der Waals surface area contributed by atoms with Gasteiger partial charge in [0.2, 0.25) is 0 Å². The van der Waals surface area contributed by atoms with Gasteiger partial charge in [0.1, 0.15) is 0 Å². The summed E-state index contributed by atoms with van der Waals surface area (Å²) >= 11 is 0. The first-order valence-electron chi connectivity index (χ1n) is 4.44. The standard InChI is InChI=1S/C9H15N3O2/c1-9(2)4-6(3-7(13)5-9)11-12-8(10)14/h3,11H,4-5H2,1-2H3,(H3,10,12,14). The number of allylic oxidation sites excluding steroid dienone is 2. The van der Waals surface area contributed by atoms with E-state index in [0.717, 1.165) is 6.42 Å². The largest absolute Gasteiger partial charge is 0.350 e. The van der Waals surface area contributed by atoms with Crippen LogP contribution in [0.2, 0.25) is 0 Å². The summed E-state index contributed by atoms with van der Waals surface area (Å²) in [4.78, 5) is 21.7. The van der Waals surface area contributed by atoms with E-state index in [4.69, 9.17) is 5.73 Å². The van der Waals surface area contributed by atoms with Crippen LogP contribution in [0.4, 0.5) is 4.79 Å². The second-order valence-electron chi connectivity index (χ2n) is 4.27. The molecule has 1 aliphatic carbocycles. The van der Waals surface area contributed by atoms with Gasteiger partial charge in [-0.2, -0.15) is 0 Å². The van der Waals surface area contributed by atoms with E-state index in [9.17, 15) is 9.59 Å². The van der Waals surface area contributed by atoms with E-state index >= 15 is 0 Å². The number of amides is 2. The van der Waals surface area contributed by atoms with Crippen molar-refractivity contribution < 1.29 is 9.59 Å². The molecule has 4 N–H and O–H groups in total. The maximum absolute atomic E-state index is 11.3. The molecule has 0 saturated heterocycles. The SMILES string of the molecule is CC1(C)CC(=O)C=C(NNC(N)=O)C1. The first kappa shape index (κ1) is 10.6. The van der Waals surface area contributed by atoms with Crippen molar-refractivity contribution in [2.45, 2.75) is 26.7 Å². The van der Waals surface area contributed by atoms with Crippen LogP contribution < -0.4 is 16.6 Å². The zero-order chi connectivity index (χ0) is 10.8. The van der Waals surface area contributed by atoms with Crippen molar-refractivity contribution in [2.75, 3.05) is 0 Å². The highest BCUT2D eigenvalue weighted by Gasteiger charge is 2.27. The molecule has 0 bridgehead atoms. The minimum absolute atomic E-state index is 0.0620. The van der Waals surface area contributed by atoms with Crippen LogP contribution in [0, 0.1) is 5.41 Å². The molecule has 0 heterocycles. The summed E-state index contributed by atoms with van der Waals surface area (Å²) in [6.07, 6.45) is 2.76. The topological polar surface area (TPSA) is 84.2 Å². The van der Waals surface area contributed by atoms with Crippen LogP contribution in [0.5, 0.6) is 0 Å². The van der Waals surface area contributed by atoms with Crippen molar-refractivity contribution in [3.8, 4) is 0 Å². The smallest absolute Gasteiger partial charge is 0.330 e. The molecule has 0 aromatic heterocycles. The lowest BCUT2D eigenvalue weighted by atomic mass is 9.79. The van der Waals surface area contributed by atoms with Gasteiger partial charge in [0.05, 0.1) is 0 Å². The number of nitrogens with one attached hydrogen (secondary N) is 2. The fourth-order valence-electron chi connectivity index (χ4n) is 1.57. The maximum atomic E-state index is 11.3. The average molecular weight is 197 g/mol. The summed E-state index contributed by atoms with van der Waals surface area (Å²) in [5.41, 5.74) is 10.4. The first-order chi connectivity index (χ1) is 6.39. The highest BCUT2D eigenvalue weighted by Crippen LogP contribution is 2.32. The number of hydrogen-bond donors (Lipinski definition) is 3. The number of hydrazine groups is 1. The van der Waals surface area contributed by atoms with Crippen LogP contribution in [0.25, 0.3) is 0 Å². The zero-order valence-electron chi connectivity index (χ0n) is 8.39. The quantitative estimate of drug-likeness (QED) is 0.561. The van der Waals surface area contributed by atoms with Crippen molar-refractivity contribution in [1.29, 1.82) is 0 Å². The summed E-state index contributed by atoms with van der Waals surface area (Å²) in [6, 6.07) is -0.665. The minimum Gasteiger partial charge on any atom is -0.350 e. The second-order valence-corrected chi connectivity index (χ2v) is 4.27. The van der Waals surface area contributed by atoms with Gasteiger partial charge in [-0.3, -0.25) is 10.2 Å². The predicted octanol–water partition coefficient (Wildman–Crippen LogP) is 0.432. The molecule has 14 heavy (non-hydrogen) atoms. The Kier molecular flexibility index (Phi) is 2.78. The highest BCUT2D eigenvalue weighted by atomic mass is 16.2. The van der Waals surface area contributed by atoms with E-state index in [1.807, 2.05) is 13.8 Å². The Bertz CT molecular complexity index is 294. The van der Waals surface area contributed by atoms with Gasteiger partial charge >= 0.3 is 6.03 Å². The Morgan fingerprint density at radius 3 is 2.64 bits per heavy atom. The molecular weight excluding hydrogens is 182 g/mol. The van der Waals surface area contributed by atoms with Gasteiger partial charge in [-0.05, 0) is 11.8 Å². The molecule has 0 aromatic rings. The number of primary amides is 1.